The molecule has 2 heterocycles. The van der Waals surface area contributed by atoms with Crippen LogP contribution in [0.25, 0.3) is 0 Å². The predicted octanol–water partition coefficient (Wildman–Crippen LogP) is 2.86. The minimum Gasteiger partial charge on any atom is -0.436 e. The summed E-state index contributed by atoms with van der Waals surface area (Å²) in [6, 6.07) is -0.151. The Kier molecular flexibility index (Phi) is 3.71. The van der Waals surface area contributed by atoms with E-state index in [1.165, 1.54) is 0 Å². The fraction of sp³-hybridized carbons (Fsp3) is 0.462. The molecule has 0 aromatic carbocycles. The Bertz CT molecular complexity index is 615. The van der Waals surface area contributed by atoms with E-state index in [1.807, 2.05) is 20.8 Å². The summed E-state index contributed by atoms with van der Waals surface area (Å²) in [5, 5.41) is 3.89. The topological polar surface area (TPSA) is 68.0 Å². The number of hydrogen-bond donors (Lipinski definition) is 1. The van der Waals surface area contributed by atoms with Crippen LogP contribution < -0.4 is 5.32 Å². The first-order chi connectivity index (χ1) is 8.88. The normalized spacial score (nSPS) is 12.5. The van der Waals surface area contributed by atoms with E-state index < -0.39 is 0 Å². The highest BCUT2D eigenvalue weighted by molar-refractivity contribution is 7.11. The van der Waals surface area contributed by atoms with E-state index in [1.54, 1.807) is 25.2 Å². The Morgan fingerprint density at radius 3 is 2.42 bits per heavy atom. The number of thiazole rings is 1. The molecule has 19 heavy (non-hydrogen) atoms. The van der Waals surface area contributed by atoms with Crippen molar-refractivity contribution in [2.45, 2.75) is 40.7 Å². The van der Waals surface area contributed by atoms with Gasteiger partial charge in [-0.2, -0.15) is 0 Å². The third-order valence-electron chi connectivity index (χ3n) is 2.81. The maximum Gasteiger partial charge on any atom is 0.289 e. The second-order valence-electron chi connectivity index (χ2n) is 4.52. The molecule has 0 aliphatic carbocycles. The van der Waals surface area contributed by atoms with Gasteiger partial charge in [0.15, 0.2) is 5.89 Å². The van der Waals surface area contributed by atoms with Gasteiger partial charge in [-0.15, -0.1) is 11.3 Å². The number of carbonyl (C=O) groups is 1. The van der Waals surface area contributed by atoms with Crippen LogP contribution in [0.3, 0.4) is 0 Å². The molecule has 2 aromatic rings. The average Bonchev–Trinajstić information content (AvgIpc) is 2.81. The number of aromatic nitrogens is 2. The van der Waals surface area contributed by atoms with Gasteiger partial charge in [0.05, 0.1) is 22.4 Å². The van der Waals surface area contributed by atoms with Gasteiger partial charge >= 0.3 is 0 Å². The minimum absolute atomic E-state index is 0.151. The van der Waals surface area contributed by atoms with E-state index in [2.05, 4.69) is 15.3 Å². The molecule has 0 spiro atoms. The van der Waals surface area contributed by atoms with Crippen molar-refractivity contribution >= 4 is 17.2 Å². The van der Waals surface area contributed by atoms with Crippen LogP contribution in [-0.4, -0.2) is 15.9 Å². The maximum absolute atomic E-state index is 12.1. The van der Waals surface area contributed by atoms with Crippen LogP contribution in [0.5, 0.6) is 0 Å². The van der Waals surface area contributed by atoms with Crippen LogP contribution in [0.1, 0.15) is 50.7 Å². The molecule has 0 fully saturated rings. The van der Waals surface area contributed by atoms with Crippen molar-refractivity contribution in [1.82, 2.24) is 15.3 Å². The molecule has 0 aliphatic rings. The van der Waals surface area contributed by atoms with Crippen molar-refractivity contribution < 1.29 is 9.21 Å². The van der Waals surface area contributed by atoms with Crippen molar-refractivity contribution in [3.63, 3.8) is 0 Å². The Morgan fingerprint density at radius 1 is 1.26 bits per heavy atom. The van der Waals surface area contributed by atoms with Crippen LogP contribution in [-0.2, 0) is 0 Å². The van der Waals surface area contributed by atoms with Gasteiger partial charge < -0.3 is 9.73 Å². The summed E-state index contributed by atoms with van der Waals surface area (Å²) in [5.41, 5.74) is 1.51. The predicted molar refractivity (Wildman–Crippen MR) is 73.4 cm³/mol. The fourth-order valence-electron chi connectivity index (χ4n) is 2.02. The number of aryl methyl sites for hydroxylation is 4. The molecule has 2 rings (SSSR count). The van der Waals surface area contributed by atoms with E-state index >= 15 is 0 Å². The number of rotatable bonds is 3. The van der Waals surface area contributed by atoms with Crippen molar-refractivity contribution in [3.8, 4) is 0 Å². The molecule has 1 atom stereocenters. The summed E-state index contributed by atoms with van der Waals surface area (Å²) in [7, 11) is 0. The second kappa shape index (κ2) is 5.13. The average molecular weight is 279 g/mol. The smallest absolute Gasteiger partial charge is 0.289 e. The molecule has 0 aliphatic heterocycles. The lowest BCUT2D eigenvalue weighted by Gasteiger charge is -2.11. The standard InChI is InChI=1S/C13H17N3O2S/c1-6(11-8(3)19-10(5)16-11)15-13(17)12-7(2)14-9(4)18-12/h6H,1-5H3,(H,15,17)/t6-/m1/s1. The molecular formula is C13H17N3O2S. The van der Waals surface area contributed by atoms with E-state index in [9.17, 15) is 4.79 Å². The Hall–Kier alpha value is -1.69. The summed E-state index contributed by atoms with van der Waals surface area (Å²) in [5.74, 6) is 0.514. The summed E-state index contributed by atoms with van der Waals surface area (Å²) in [6.07, 6.45) is 0. The van der Waals surface area contributed by atoms with E-state index in [4.69, 9.17) is 4.42 Å². The molecular weight excluding hydrogens is 262 g/mol. The maximum atomic E-state index is 12.1. The van der Waals surface area contributed by atoms with Gasteiger partial charge in [0, 0.05) is 11.8 Å². The van der Waals surface area contributed by atoms with Crippen LogP contribution in [0.4, 0.5) is 0 Å². The zero-order chi connectivity index (χ0) is 14.2. The Labute approximate surface area is 116 Å². The summed E-state index contributed by atoms with van der Waals surface area (Å²) in [6.45, 7) is 9.36. The van der Waals surface area contributed by atoms with Gasteiger partial charge in [0.2, 0.25) is 5.76 Å². The molecule has 0 unspecified atom stereocenters. The molecule has 1 amide bonds. The first-order valence-corrected chi connectivity index (χ1v) is 6.89. The van der Waals surface area contributed by atoms with Gasteiger partial charge in [-0.1, -0.05) is 0 Å². The second-order valence-corrected chi connectivity index (χ2v) is 5.92. The highest BCUT2D eigenvalue weighted by Crippen LogP contribution is 2.23. The summed E-state index contributed by atoms with van der Waals surface area (Å²) in [4.78, 5) is 21.8. The zero-order valence-electron chi connectivity index (χ0n) is 11.7. The number of amides is 1. The van der Waals surface area contributed by atoms with Gasteiger partial charge in [-0.25, -0.2) is 9.97 Å². The first-order valence-electron chi connectivity index (χ1n) is 6.07. The van der Waals surface area contributed by atoms with Crippen LogP contribution in [0, 0.1) is 27.7 Å². The highest BCUT2D eigenvalue weighted by atomic mass is 32.1. The lowest BCUT2D eigenvalue weighted by atomic mass is 10.2. The summed E-state index contributed by atoms with van der Waals surface area (Å²) < 4.78 is 5.31. The van der Waals surface area contributed by atoms with E-state index in [-0.39, 0.29) is 17.7 Å². The van der Waals surface area contributed by atoms with Gasteiger partial charge in [0.1, 0.15) is 0 Å². The van der Waals surface area contributed by atoms with E-state index in [0.717, 1.165) is 15.6 Å². The van der Waals surface area contributed by atoms with Crippen molar-refractivity contribution in [3.05, 3.63) is 32.9 Å². The highest BCUT2D eigenvalue weighted by Gasteiger charge is 2.20. The van der Waals surface area contributed by atoms with Gasteiger partial charge in [-0.05, 0) is 27.7 Å². The molecule has 1 N–H and O–H groups in total. The number of oxazole rings is 1. The molecule has 0 bridgehead atoms. The summed E-state index contributed by atoms with van der Waals surface area (Å²) >= 11 is 1.63. The number of nitrogens with one attached hydrogen (secondary N) is 1. The van der Waals surface area contributed by atoms with Crippen molar-refractivity contribution in [1.29, 1.82) is 0 Å². The van der Waals surface area contributed by atoms with Crippen molar-refractivity contribution in [2.75, 3.05) is 0 Å². The number of carbonyl (C=O) groups excluding carboxylic acids is 1. The van der Waals surface area contributed by atoms with Crippen LogP contribution in [0.2, 0.25) is 0 Å². The first kappa shape index (κ1) is 13.7. The SMILES string of the molecule is Cc1nc(C)c(C(=O)N[C@H](C)c2nc(C)sc2C)o1. The Balaban J connectivity index is 2.15. The number of hydrogen-bond acceptors (Lipinski definition) is 5. The Morgan fingerprint density at radius 2 is 1.95 bits per heavy atom. The third kappa shape index (κ3) is 2.84. The minimum atomic E-state index is -0.254. The van der Waals surface area contributed by atoms with Crippen molar-refractivity contribution in [2.24, 2.45) is 0 Å². The monoisotopic (exact) mass is 279 g/mol. The number of nitrogens with zero attached hydrogens (tertiary/aromatic N) is 2. The molecule has 0 saturated heterocycles. The van der Waals surface area contributed by atoms with E-state index in [0.29, 0.717) is 11.6 Å². The quantitative estimate of drug-likeness (QED) is 0.938. The third-order valence-corrected chi connectivity index (χ3v) is 3.71. The molecule has 0 saturated carbocycles. The lowest BCUT2D eigenvalue weighted by molar-refractivity contribution is 0.0909. The van der Waals surface area contributed by atoms with Gasteiger partial charge in [-0.3, -0.25) is 4.79 Å². The van der Waals surface area contributed by atoms with Gasteiger partial charge in [0.25, 0.3) is 5.91 Å². The molecule has 5 nitrogen and oxygen atoms in total. The largest absolute Gasteiger partial charge is 0.436 e. The van der Waals surface area contributed by atoms with Crippen LogP contribution >= 0.6 is 11.3 Å². The van der Waals surface area contributed by atoms with Crippen LogP contribution in [0.15, 0.2) is 4.42 Å². The lowest BCUT2D eigenvalue weighted by Crippen LogP contribution is -2.27. The molecule has 0 radical (unpaired) electrons. The molecule has 102 valence electrons. The fourth-order valence-corrected chi connectivity index (χ4v) is 2.93. The zero-order valence-corrected chi connectivity index (χ0v) is 12.5. The molecule has 2 aromatic heterocycles. The molecule has 6 heteroatoms.